The summed E-state index contributed by atoms with van der Waals surface area (Å²) >= 11 is 0. The number of hydrogen-bond acceptors (Lipinski definition) is 7. The Hall–Kier alpha value is -2.44. The molecule has 1 unspecified atom stereocenters. The Balaban J connectivity index is 2.10. The Morgan fingerprint density at radius 1 is 0.972 bits per heavy atom. The summed E-state index contributed by atoms with van der Waals surface area (Å²) in [7, 11) is 0. The van der Waals surface area contributed by atoms with E-state index in [9.17, 15) is 19.2 Å². The van der Waals surface area contributed by atoms with Crippen LogP contribution in [0, 0.1) is 28.6 Å². The molecular weight excluding hydrogens is 460 g/mol. The number of ketones is 1. The molecule has 2 fully saturated rings. The smallest absolute Gasteiger partial charge is 0.316 e. The highest BCUT2D eigenvalue weighted by Gasteiger charge is 2.56. The summed E-state index contributed by atoms with van der Waals surface area (Å²) in [4.78, 5) is 48.7. The number of fused-ring (bicyclic) bond motifs is 3. The van der Waals surface area contributed by atoms with Gasteiger partial charge in [-0.05, 0) is 74.3 Å². The van der Waals surface area contributed by atoms with Crippen LogP contribution in [0.2, 0.25) is 0 Å². The van der Waals surface area contributed by atoms with Gasteiger partial charge in [0.25, 0.3) is 0 Å². The minimum absolute atomic E-state index is 0.0238. The van der Waals surface area contributed by atoms with Crippen LogP contribution in [0.25, 0.3) is 0 Å². The van der Waals surface area contributed by atoms with Crippen LogP contribution in [0.5, 0.6) is 0 Å². The summed E-state index contributed by atoms with van der Waals surface area (Å²) < 4.78 is 17.6. The second-order valence-corrected chi connectivity index (χ2v) is 12.0. The van der Waals surface area contributed by atoms with Crippen LogP contribution in [0.1, 0.15) is 87.5 Å². The first-order valence-electron chi connectivity index (χ1n) is 13.0. The summed E-state index contributed by atoms with van der Waals surface area (Å²) in [6, 6.07) is 0. The van der Waals surface area contributed by atoms with Crippen LogP contribution in [-0.2, 0) is 33.4 Å². The van der Waals surface area contributed by atoms with Crippen molar-refractivity contribution in [1.29, 1.82) is 0 Å². The van der Waals surface area contributed by atoms with E-state index in [1.54, 1.807) is 6.92 Å². The second kappa shape index (κ2) is 10.1. The minimum atomic E-state index is -0.829. The molecule has 3 aliphatic carbocycles. The number of ether oxygens (including phenoxy) is 3. The zero-order valence-corrected chi connectivity index (χ0v) is 23.1. The Morgan fingerprint density at radius 3 is 2.11 bits per heavy atom. The number of rotatable bonds is 5. The molecule has 0 aromatic rings. The fraction of sp³-hybridized carbons (Fsp3) is 0.724. The minimum Gasteiger partial charge on any atom is -0.461 e. The van der Waals surface area contributed by atoms with Crippen LogP contribution >= 0.6 is 0 Å². The van der Waals surface area contributed by atoms with Crippen molar-refractivity contribution in [3.8, 4) is 0 Å². The van der Waals surface area contributed by atoms with Gasteiger partial charge in [0, 0.05) is 26.2 Å². The van der Waals surface area contributed by atoms with Gasteiger partial charge < -0.3 is 14.2 Å². The zero-order valence-electron chi connectivity index (χ0n) is 23.1. The van der Waals surface area contributed by atoms with Gasteiger partial charge in [-0.15, -0.1) is 0 Å². The van der Waals surface area contributed by atoms with E-state index in [1.165, 1.54) is 20.8 Å². The highest BCUT2D eigenvalue weighted by molar-refractivity contribution is 5.97. The summed E-state index contributed by atoms with van der Waals surface area (Å²) in [6.07, 6.45) is 2.11. The Bertz CT molecular complexity index is 990. The molecule has 7 heteroatoms. The lowest BCUT2D eigenvalue weighted by atomic mass is 9.51. The Kier molecular flexibility index (Phi) is 7.92. The van der Waals surface area contributed by atoms with Crippen molar-refractivity contribution in [2.75, 3.05) is 0 Å². The number of Topliss-reactive ketones (excluding diaryl/α,β-unsaturated/α-hetero) is 1. The van der Waals surface area contributed by atoms with Crippen molar-refractivity contribution >= 4 is 23.7 Å². The van der Waals surface area contributed by atoms with Gasteiger partial charge >= 0.3 is 17.9 Å². The average Bonchev–Trinajstić information content (AvgIpc) is 2.72. The normalized spacial score (nSPS) is 34.4. The van der Waals surface area contributed by atoms with Crippen molar-refractivity contribution < 1.29 is 33.4 Å². The zero-order chi connectivity index (χ0) is 27.2. The average molecular weight is 503 g/mol. The standard InChI is InChI=1S/C29H42O7/c1-15-12-24(36-27(33)16(2)18(4)30)22-13-21-17(3)23(34-19(5)31)10-11-29(21,9)14-25(35-20(6)32)26(15)28(22,7)8/h16,21-25H,3,10-14H2,1-2,4-9H3/t16?,21-,22-,23+,24+,25+,29+/m1/s1. The first-order valence-corrected chi connectivity index (χ1v) is 13.0. The molecule has 0 radical (unpaired) electrons. The molecule has 36 heavy (non-hydrogen) atoms. The van der Waals surface area contributed by atoms with Gasteiger partial charge in [-0.3, -0.25) is 19.2 Å². The van der Waals surface area contributed by atoms with E-state index >= 15 is 0 Å². The van der Waals surface area contributed by atoms with Gasteiger partial charge in [-0.1, -0.05) is 32.9 Å². The van der Waals surface area contributed by atoms with E-state index in [0.29, 0.717) is 25.7 Å². The fourth-order valence-electron chi connectivity index (χ4n) is 7.03. The quantitative estimate of drug-likeness (QED) is 0.223. The van der Waals surface area contributed by atoms with E-state index in [-0.39, 0.29) is 41.1 Å². The molecule has 0 aromatic heterocycles. The molecule has 7 nitrogen and oxygen atoms in total. The summed E-state index contributed by atoms with van der Waals surface area (Å²) in [5.74, 6) is -2.36. The summed E-state index contributed by atoms with van der Waals surface area (Å²) in [5, 5.41) is 0. The number of hydrogen-bond donors (Lipinski definition) is 0. The second-order valence-electron chi connectivity index (χ2n) is 12.0. The Labute approximate surface area is 215 Å². The molecule has 2 bridgehead atoms. The first kappa shape index (κ1) is 28.1. The van der Waals surface area contributed by atoms with Crippen molar-refractivity contribution in [1.82, 2.24) is 0 Å². The van der Waals surface area contributed by atoms with E-state index in [2.05, 4.69) is 27.4 Å². The number of carbonyl (C=O) groups is 4. The van der Waals surface area contributed by atoms with Gasteiger partial charge in [0.05, 0.1) is 0 Å². The molecule has 3 aliphatic rings. The lowest BCUT2D eigenvalue weighted by Crippen LogP contribution is -2.53. The third-order valence-electron chi connectivity index (χ3n) is 9.03. The Morgan fingerprint density at radius 2 is 1.56 bits per heavy atom. The molecule has 3 rings (SSSR count). The molecule has 2 saturated carbocycles. The van der Waals surface area contributed by atoms with Crippen LogP contribution in [0.3, 0.4) is 0 Å². The van der Waals surface area contributed by atoms with Crippen LogP contribution < -0.4 is 0 Å². The highest BCUT2D eigenvalue weighted by Crippen LogP contribution is 2.59. The summed E-state index contributed by atoms with van der Waals surface area (Å²) in [5.41, 5.74) is 2.34. The van der Waals surface area contributed by atoms with E-state index < -0.39 is 29.5 Å². The maximum absolute atomic E-state index is 12.9. The molecular formula is C29H42O7. The number of esters is 3. The van der Waals surface area contributed by atoms with Gasteiger partial charge in [-0.25, -0.2) is 0 Å². The number of carbonyl (C=O) groups excluding carboxylic acids is 4. The molecule has 0 spiro atoms. The molecule has 0 N–H and O–H groups in total. The van der Waals surface area contributed by atoms with Crippen LogP contribution in [-0.4, -0.2) is 42.0 Å². The molecule has 200 valence electrons. The fourth-order valence-corrected chi connectivity index (χ4v) is 7.03. The van der Waals surface area contributed by atoms with Gasteiger partial charge in [0.1, 0.15) is 30.0 Å². The molecule has 0 aliphatic heterocycles. The third-order valence-corrected chi connectivity index (χ3v) is 9.03. The predicted molar refractivity (Wildman–Crippen MR) is 135 cm³/mol. The van der Waals surface area contributed by atoms with E-state index in [1.807, 2.05) is 6.92 Å². The van der Waals surface area contributed by atoms with Crippen LogP contribution in [0.15, 0.2) is 23.3 Å². The van der Waals surface area contributed by atoms with Gasteiger partial charge in [0.2, 0.25) is 0 Å². The third kappa shape index (κ3) is 5.30. The molecule has 0 amide bonds. The lowest BCUT2D eigenvalue weighted by molar-refractivity contribution is -0.164. The predicted octanol–water partition coefficient (Wildman–Crippen LogP) is 5.12. The van der Waals surface area contributed by atoms with Crippen molar-refractivity contribution in [2.24, 2.45) is 28.6 Å². The van der Waals surface area contributed by atoms with Crippen molar-refractivity contribution in [2.45, 2.75) is 106 Å². The van der Waals surface area contributed by atoms with Gasteiger partial charge in [-0.2, -0.15) is 0 Å². The SMILES string of the molecule is C=C1[C@@H](OC(C)=O)CC[C@@]2(C)C[C@H](OC(C)=O)C3=C(C)C[C@H](OC(=O)C(C)C(C)=O)[C@@H](C[C@H]12)C3(C)C. The molecule has 7 atom stereocenters. The maximum atomic E-state index is 12.9. The van der Waals surface area contributed by atoms with Crippen LogP contribution in [0.4, 0.5) is 0 Å². The largest absolute Gasteiger partial charge is 0.461 e. The molecule has 0 aromatic carbocycles. The van der Waals surface area contributed by atoms with E-state index in [0.717, 1.165) is 23.1 Å². The first-order chi connectivity index (χ1) is 16.6. The lowest BCUT2D eigenvalue weighted by Gasteiger charge is -2.56. The van der Waals surface area contributed by atoms with Crippen molar-refractivity contribution in [3.63, 3.8) is 0 Å². The monoisotopic (exact) mass is 502 g/mol. The van der Waals surface area contributed by atoms with Crippen molar-refractivity contribution in [3.05, 3.63) is 23.3 Å². The highest BCUT2D eigenvalue weighted by atomic mass is 16.6. The topological polar surface area (TPSA) is 96.0 Å². The van der Waals surface area contributed by atoms with E-state index in [4.69, 9.17) is 14.2 Å². The molecule has 0 heterocycles. The van der Waals surface area contributed by atoms with Gasteiger partial charge in [0.15, 0.2) is 0 Å². The summed E-state index contributed by atoms with van der Waals surface area (Å²) in [6.45, 7) is 18.7. The molecule has 0 saturated heterocycles. The maximum Gasteiger partial charge on any atom is 0.316 e.